The van der Waals surface area contributed by atoms with E-state index >= 15 is 0 Å². The van der Waals surface area contributed by atoms with Gasteiger partial charge in [0.15, 0.2) is 6.61 Å². The van der Waals surface area contributed by atoms with Crippen LogP contribution in [0.15, 0.2) is 60.0 Å². The number of hydrogen-bond acceptors (Lipinski definition) is 6. The average molecular weight is 333 g/mol. The van der Waals surface area contributed by atoms with Crippen molar-refractivity contribution in [1.29, 1.82) is 0 Å². The Labute approximate surface area is 133 Å². The predicted molar refractivity (Wildman–Crippen MR) is 82.1 cm³/mol. The minimum absolute atomic E-state index is 0.119. The fourth-order valence-corrected chi connectivity index (χ4v) is 2.15. The van der Waals surface area contributed by atoms with Crippen molar-refractivity contribution in [3.63, 3.8) is 0 Å². The molecule has 0 aliphatic rings. The number of ether oxygens (including phenoxy) is 2. The molecule has 0 saturated heterocycles. The zero-order valence-electron chi connectivity index (χ0n) is 12.0. The van der Waals surface area contributed by atoms with Crippen LogP contribution in [0.3, 0.4) is 0 Å². The van der Waals surface area contributed by atoms with Crippen molar-refractivity contribution in [2.24, 2.45) is 0 Å². The first-order valence-corrected chi connectivity index (χ1v) is 7.91. The Morgan fingerprint density at radius 2 is 1.61 bits per heavy atom. The molecule has 6 nitrogen and oxygen atoms in total. The lowest BCUT2D eigenvalue weighted by molar-refractivity contribution is -0.136. The fourth-order valence-electron chi connectivity index (χ4n) is 1.68. The Hall–Kier alpha value is -2.64. The third-order valence-corrected chi connectivity index (χ3v) is 3.67. The van der Waals surface area contributed by atoms with Gasteiger partial charge in [0.1, 0.15) is 21.6 Å². The molecule has 0 aliphatic heterocycles. The van der Waals surface area contributed by atoms with Crippen molar-refractivity contribution in [3.8, 4) is 11.5 Å². The molecule has 23 heavy (non-hydrogen) atoms. The van der Waals surface area contributed by atoms with Crippen molar-refractivity contribution in [1.82, 2.24) is 0 Å². The van der Waals surface area contributed by atoms with Crippen molar-refractivity contribution < 1.29 is 27.2 Å². The van der Waals surface area contributed by atoms with Crippen molar-refractivity contribution in [3.05, 3.63) is 60.7 Å². The molecular formula is C16H13O6S-. The van der Waals surface area contributed by atoms with E-state index in [4.69, 9.17) is 9.47 Å². The van der Waals surface area contributed by atoms with Gasteiger partial charge in [0, 0.05) is 0 Å². The molecule has 7 heteroatoms. The standard InChI is InChI=1S/C16H14O6S/c1-2-12-3-5-13(6-4-12)21-11-16(17)22-14-7-9-15(10-8-14)23(18,19)20/h2-10H,1,11H2,(H,18,19,20)/p-1. The van der Waals surface area contributed by atoms with Gasteiger partial charge in [-0.15, -0.1) is 0 Å². The van der Waals surface area contributed by atoms with Crippen LogP contribution in [0.4, 0.5) is 0 Å². The summed E-state index contributed by atoms with van der Waals surface area (Å²) in [6.45, 7) is 3.32. The number of benzene rings is 2. The lowest BCUT2D eigenvalue weighted by atomic mass is 10.2. The van der Waals surface area contributed by atoms with E-state index in [1.54, 1.807) is 30.3 Å². The Morgan fingerprint density at radius 1 is 1.04 bits per heavy atom. The van der Waals surface area contributed by atoms with Gasteiger partial charge in [-0.3, -0.25) is 0 Å². The maximum atomic E-state index is 11.6. The average Bonchev–Trinajstić information content (AvgIpc) is 2.53. The lowest BCUT2D eigenvalue weighted by Gasteiger charge is -2.09. The smallest absolute Gasteiger partial charge is 0.349 e. The Morgan fingerprint density at radius 3 is 2.13 bits per heavy atom. The summed E-state index contributed by atoms with van der Waals surface area (Å²) in [5, 5.41) is 0. The molecule has 0 unspecified atom stereocenters. The van der Waals surface area contributed by atoms with E-state index in [-0.39, 0.29) is 12.4 Å². The van der Waals surface area contributed by atoms with E-state index in [1.165, 1.54) is 12.1 Å². The van der Waals surface area contributed by atoms with Crippen molar-refractivity contribution in [2.45, 2.75) is 4.90 Å². The number of carbonyl (C=O) groups is 1. The molecule has 2 aromatic carbocycles. The summed E-state index contributed by atoms with van der Waals surface area (Å²) in [6.07, 6.45) is 1.68. The normalized spacial score (nSPS) is 10.8. The first-order valence-electron chi connectivity index (χ1n) is 6.50. The van der Waals surface area contributed by atoms with Gasteiger partial charge in [-0.05, 0) is 42.0 Å². The van der Waals surface area contributed by atoms with E-state index in [0.717, 1.165) is 17.7 Å². The highest BCUT2D eigenvalue weighted by atomic mass is 32.2. The maximum absolute atomic E-state index is 11.6. The van der Waals surface area contributed by atoms with Gasteiger partial charge in [-0.2, -0.15) is 0 Å². The molecule has 0 atom stereocenters. The Kier molecular flexibility index (Phi) is 5.15. The van der Waals surface area contributed by atoms with E-state index < -0.39 is 21.0 Å². The summed E-state index contributed by atoms with van der Waals surface area (Å²) in [4.78, 5) is 11.3. The molecule has 0 aromatic heterocycles. The largest absolute Gasteiger partial charge is 0.744 e. The zero-order chi connectivity index (χ0) is 16.9. The molecule has 0 radical (unpaired) electrons. The van der Waals surface area contributed by atoms with Gasteiger partial charge in [0.2, 0.25) is 0 Å². The van der Waals surface area contributed by atoms with E-state index in [2.05, 4.69) is 6.58 Å². The van der Waals surface area contributed by atoms with E-state index in [1.807, 2.05) is 0 Å². The number of esters is 1. The quantitative estimate of drug-likeness (QED) is 0.457. The Bertz CT molecular complexity index is 791. The summed E-state index contributed by atoms with van der Waals surface area (Å²) >= 11 is 0. The minimum Gasteiger partial charge on any atom is -0.744 e. The van der Waals surface area contributed by atoms with E-state index in [9.17, 15) is 17.8 Å². The number of carbonyl (C=O) groups excluding carboxylic acids is 1. The molecule has 0 amide bonds. The summed E-state index contributed by atoms with van der Waals surface area (Å²) in [5.41, 5.74) is 0.924. The summed E-state index contributed by atoms with van der Waals surface area (Å²) in [7, 11) is -4.52. The van der Waals surface area contributed by atoms with Gasteiger partial charge in [0.05, 0.1) is 4.90 Å². The topological polar surface area (TPSA) is 92.7 Å². The zero-order valence-corrected chi connectivity index (χ0v) is 12.8. The van der Waals surface area contributed by atoms with Crippen LogP contribution in [0.1, 0.15) is 5.56 Å². The lowest BCUT2D eigenvalue weighted by Crippen LogP contribution is -2.17. The molecule has 0 aliphatic carbocycles. The second-order valence-corrected chi connectivity index (χ2v) is 5.84. The van der Waals surface area contributed by atoms with Crippen LogP contribution in [0.5, 0.6) is 11.5 Å². The molecule has 0 N–H and O–H groups in total. The van der Waals surface area contributed by atoms with Crippen LogP contribution in [0.25, 0.3) is 6.08 Å². The number of rotatable bonds is 6. The molecule has 2 rings (SSSR count). The van der Waals surface area contributed by atoms with Crippen LogP contribution in [-0.2, 0) is 14.9 Å². The van der Waals surface area contributed by atoms with Gasteiger partial charge in [-0.1, -0.05) is 24.8 Å². The molecule has 2 aromatic rings. The highest BCUT2D eigenvalue weighted by Gasteiger charge is 2.07. The molecule has 0 saturated carbocycles. The molecule has 0 spiro atoms. The van der Waals surface area contributed by atoms with Crippen LogP contribution >= 0.6 is 0 Å². The summed E-state index contributed by atoms with van der Waals surface area (Å²) < 4.78 is 42.6. The van der Waals surface area contributed by atoms with Gasteiger partial charge in [0.25, 0.3) is 0 Å². The monoisotopic (exact) mass is 333 g/mol. The molecule has 120 valence electrons. The van der Waals surface area contributed by atoms with Crippen molar-refractivity contribution >= 4 is 22.2 Å². The van der Waals surface area contributed by atoms with Gasteiger partial charge >= 0.3 is 5.97 Å². The minimum atomic E-state index is -4.52. The predicted octanol–water partition coefficient (Wildman–Crippen LogP) is 2.22. The molecule has 0 fully saturated rings. The molecule has 0 heterocycles. The molecule has 0 bridgehead atoms. The second kappa shape index (κ2) is 7.08. The first kappa shape index (κ1) is 16.7. The highest BCUT2D eigenvalue weighted by molar-refractivity contribution is 7.85. The molecular weight excluding hydrogens is 320 g/mol. The van der Waals surface area contributed by atoms with Crippen molar-refractivity contribution in [2.75, 3.05) is 6.61 Å². The van der Waals surface area contributed by atoms with Gasteiger partial charge in [-0.25, -0.2) is 13.2 Å². The second-order valence-electron chi connectivity index (χ2n) is 4.46. The highest BCUT2D eigenvalue weighted by Crippen LogP contribution is 2.16. The summed E-state index contributed by atoms with van der Waals surface area (Å²) in [6, 6.07) is 11.5. The van der Waals surface area contributed by atoms with Crippen LogP contribution < -0.4 is 9.47 Å². The third kappa shape index (κ3) is 4.94. The van der Waals surface area contributed by atoms with Crippen LogP contribution in [0.2, 0.25) is 0 Å². The van der Waals surface area contributed by atoms with Crippen LogP contribution in [0, 0.1) is 0 Å². The SMILES string of the molecule is C=Cc1ccc(OCC(=O)Oc2ccc(S(=O)(=O)[O-])cc2)cc1. The van der Waals surface area contributed by atoms with E-state index in [0.29, 0.717) is 5.75 Å². The van der Waals surface area contributed by atoms with Gasteiger partial charge < -0.3 is 14.0 Å². The van der Waals surface area contributed by atoms with Crippen LogP contribution in [-0.4, -0.2) is 25.5 Å². The maximum Gasteiger partial charge on any atom is 0.349 e. The first-order chi connectivity index (χ1) is 10.9. The summed E-state index contributed by atoms with van der Waals surface area (Å²) in [5.74, 6) is -0.0381. The fraction of sp³-hybridized carbons (Fsp3) is 0.0625. The third-order valence-electron chi connectivity index (χ3n) is 2.82. The number of hydrogen-bond donors (Lipinski definition) is 0. The Balaban J connectivity index is 1.90.